The van der Waals surface area contributed by atoms with Crippen LogP contribution in [0.15, 0.2) is 35.4 Å². The Morgan fingerprint density at radius 3 is 3.19 bits per heavy atom. The SMILES string of the molecule is [2H]c1nc(C(=O)Nc2cccc(C3(CF)COCC(N)=N3)n2)c(C([2H])([2H])[2H])c([2H])c1Cl. The lowest BCUT2D eigenvalue weighted by atomic mass is 9.97. The van der Waals surface area contributed by atoms with Crippen molar-refractivity contribution in [3.05, 3.63) is 52.4 Å². The number of aliphatic imine (C=N–C) groups is 1. The average Bonchev–Trinajstić information content (AvgIpc) is 2.70. The highest BCUT2D eigenvalue weighted by Gasteiger charge is 2.37. The zero-order valence-electron chi connectivity index (χ0n) is 18.3. The smallest absolute Gasteiger partial charge is 0.275 e. The van der Waals surface area contributed by atoms with Gasteiger partial charge in [-0.3, -0.25) is 9.79 Å². The highest BCUT2D eigenvalue weighted by atomic mass is 35.5. The van der Waals surface area contributed by atoms with Crippen LogP contribution in [0.1, 0.15) is 28.6 Å². The van der Waals surface area contributed by atoms with Gasteiger partial charge in [0.05, 0.1) is 20.1 Å². The molecule has 136 valence electrons. The van der Waals surface area contributed by atoms with Crippen LogP contribution in [0, 0.1) is 6.85 Å². The molecular weight excluding hydrogens is 361 g/mol. The minimum atomic E-state index is -2.88. The number of aromatic nitrogens is 2. The third kappa shape index (κ3) is 3.66. The lowest BCUT2D eigenvalue weighted by molar-refractivity contribution is 0.0807. The molecule has 1 amide bonds. The molecule has 1 aliphatic rings. The number of pyridine rings is 2. The second-order valence-electron chi connectivity index (χ2n) is 5.51. The number of nitrogens with zero attached hydrogens (tertiary/aromatic N) is 3. The Labute approximate surface area is 161 Å². The van der Waals surface area contributed by atoms with Gasteiger partial charge < -0.3 is 15.8 Å². The van der Waals surface area contributed by atoms with Crippen molar-refractivity contribution in [2.75, 3.05) is 25.2 Å². The van der Waals surface area contributed by atoms with Gasteiger partial charge in [0.25, 0.3) is 5.91 Å². The van der Waals surface area contributed by atoms with Gasteiger partial charge in [-0.25, -0.2) is 14.4 Å². The molecule has 2 aromatic heterocycles. The molecular formula is C17H17ClFN5O2. The number of hydrogen-bond acceptors (Lipinski definition) is 6. The summed E-state index contributed by atoms with van der Waals surface area (Å²) in [5.41, 5.74) is 2.98. The van der Waals surface area contributed by atoms with E-state index in [9.17, 15) is 9.18 Å². The van der Waals surface area contributed by atoms with Gasteiger partial charge in [0.2, 0.25) is 0 Å². The van der Waals surface area contributed by atoms with Gasteiger partial charge in [0.1, 0.15) is 30.6 Å². The summed E-state index contributed by atoms with van der Waals surface area (Å²) < 4.78 is 57.6. The first-order chi connectivity index (χ1) is 14.5. The first-order valence-corrected chi connectivity index (χ1v) is 7.80. The monoisotopic (exact) mass is 382 g/mol. The number of carbonyl (C=O) groups is 1. The minimum Gasteiger partial charge on any atom is -0.385 e. The van der Waals surface area contributed by atoms with E-state index in [1.54, 1.807) is 0 Å². The van der Waals surface area contributed by atoms with Crippen LogP contribution in [0.25, 0.3) is 0 Å². The van der Waals surface area contributed by atoms with Crippen molar-refractivity contribution in [2.45, 2.75) is 12.4 Å². The number of amidine groups is 1. The number of alkyl halides is 1. The maximum atomic E-state index is 13.9. The van der Waals surface area contributed by atoms with Gasteiger partial charge in [-0.05, 0) is 30.6 Å². The van der Waals surface area contributed by atoms with Gasteiger partial charge in [-0.15, -0.1) is 0 Å². The molecule has 26 heavy (non-hydrogen) atoms. The predicted molar refractivity (Wildman–Crippen MR) is 96.3 cm³/mol. The van der Waals surface area contributed by atoms with Crippen LogP contribution in [-0.2, 0) is 10.3 Å². The summed E-state index contributed by atoms with van der Waals surface area (Å²) in [5.74, 6) is -0.980. The Balaban J connectivity index is 1.99. The fraction of sp³-hybridized carbons (Fsp3) is 0.294. The maximum absolute atomic E-state index is 13.9. The molecule has 0 aromatic carbocycles. The van der Waals surface area contributed by atoms with Crippen molar-refractivity contribution < 1.29 is 20.8 Å². The van der Waals surface area contributed by atoms with Crippen LogP contribution >= 0.6 is 11.6 Å². The van der Waals surface area contributed by atoms with E-state index in [4.69, 9.17) is 28.9 Å². The van der Waals surface area contributed by atoms with Crippen LogP contribution in [0.4, 0.5) is 10.2 Å². The van der Waals surface area contributed by atoms with E-state index in [2.05, 4.69) is 20.3 Å². The van der Waals surface area contributed by atoms with E-state index < -0.39 is 53.5 Å². The molecule has 0 saturated carbocycles. The molecule has 1 atom stereocenters. The number of ether oxygens (including phenoxy) is 1. The molecule has 0 aliphatic carbocycles. The molecule has 9 heteroatoms. The topological polar surface area (TPSA) is 102 Å². The molecule has 3 heterocycles. The third-order valence-electron chi connectivity index (χ3n) is 3.59. The number of hydrogen-bond donors (Lipinski definition) is 2. The Morgan fingerprint density at radius 1 is 1.62 bits per heavy atom. The van der Waals surface area contributed by atoms with Crippen LogP contribution in [-0.4, -0.2) is 41.6 Å². The standard InChI is InChI=1S/C17H17ClFN5O2/c1-10-5-11(18)6-21-15(10)16(25)23-14-4-2-3-12(22-14)17(8-19)9-26-7-13(20)24-17/h2-6H,7-9H2,1H3,(H2,20,24)(H,22,23,25)/i1D3,5D,6D. The number of carbonyl (C=O) groups excluding carboxylic acids is 1. The lowest BCUT2D eigenvalue weighted by Gasteiger charge is -2.30. The van der Waals surface area contributed by atoms with E-state index in [-0.39, 0.29) is 30.6 Å². The second kappa shape index (κ2) is 7.35. The Kier molecular flexibility index (Phi) is 3.59. The normalized spacial score (nSPS) is 23.0. The van der Waals surface area contributed by atoms with Gasteiger partial charge in [-0.2, -0.15) is 0 Å². The van der Waals surface area contributed by atoms with Gasteiger partial charge in [0, 0.05) is 10.3 Å². The lowest BCUT2D eigenvalue weighted by Crippen LogP contribution is -2.42. The number of halogens is 2. The van der Waals surface area contributed by atoms with E-state index in [0.717, 1.165) is 0 Å². The predicted octanol–water partition coefficient (Wildman–Crippen LogP) is 2.24. The fourth-order valence-corrected chi connectivity index (χ4v) is 2.53. The van der Waals surface area contributed by atoms with Crippen molar-refractivity contribution in [1.82, 2.24) is 9.97 Å². The molecule has 1 unspecified atom stereocenters. The molecule has 7 nitrogen and oxygen atoms in total. The number of nitrogens with two attached hydrogens (primary N) is 1. The summed E-state index contributed by atoms with van der Waals surface area (Å²) in [6, 6.07) is 3.67. The molecule has 3 rings (SSSR count). The van der Waals surface area contributed by atoms with Crippen LogP contribution < -0.4 is 11.1 Å². The maximum Gasteiger partial charge on any atom is 0.275 e. The first kappa shape index (κ1) is 12.7. The number of nitrogens with one attached hydrogen (secondary N) is 1. The van der Waals surface area contributed by atoms with Crippen LogP contribution in [0.3, 0.4) is 0 Å². The van der Waals surface area contributed by atoms with E-state index in [0.29, 0.717) is 0 Å². The summed E-state index contributed by atoms with van der Waals surface area (Å²) in [5, 5.41) is 1.88. The summed E-state index contributed by atoms with van der Waals surface area (Å²) in [6.07, 6.45) is -0.618. The van der Waals surface area contributed by atoms with Crippen LogP contribution in [0.5, 0.6) is 0 Å². The van der Waals surface area contributed by atoms with Crippen molar-refractivity contribution in [2.24, 2.45) is 10.7 Å². The first-order valence-electron chi connectivity index (χ1n) is 9.92. The zero-order chi connectivity index (χ0) is 23.0. The van der Waals surface area contributed by atoms with Crippen molar-refractivity contribution in [1.29, 1.82) is 0 Å². The Hall–Kier alpha value is -2.58. The third-order valence-corrected chi connectivity index (χ3v) is 3.77. The molecule has 0 spiro atoms. The quantitative estimate of drug-likeness (QED) is 0.844. The summed E-state index contributed by atoms with van der Waals surface area (Å²) >= 11 is 5.77. The van der Waals surface area contributed by atoms with E-state index in [1.807, 2.05) is 0 Å². The van der Waals surface area contributed by atoms with E-state index in [1.165, 1.54) is 18.2 Å². The molecule has 0 bridgehead atoms. The average molecular weight is 383 g/mol. The molecule has 1 aliphatic heterocycles. The van der Waals surface area contributed by atoms with Crippen molar-refractivity contribution in [3.8, 4) is 0 Å². The highest BCUT2D eigenvalue weighted by molar-refractivity contribution is 6.30. The Bertz CT molecular complexity index is 1070. The summed E-state index contributed by atoms with van der Waals surface area (Å²) in [4.78, 5) is 24.7. The molecule has 2 aromatic rings. The largest absolute Gasteiger partial charge is 0.385 e. The molecule has 0 radical (unpaired) electrons. The highest BCUT2D eigenvalue weighted by Crippen LogP contribution is 2.29. The molecule has 0 saturated heterocycles. The van der Waals surface area contributed by atoms with Crippen molar-refractivity contribution in [3.63, 3.8) is 0 Å². The fourth-order valence-electron chi connectivity index (χ4n) is 2.39. The summed E-state index contributed by atoms with van der Waals surface area (Å²) in [6.45, 7) is -3.89. The van der Waals surface area contributed by atoms with Gasteiger partial charge in [-0.1, -0.05) is 17.7 Å². The Morgan fingerprint density at radius 2 is 2.46 bits per heavy atom. The number of rotatable bonds is 4. The minimum absolute atomic E-state index is 0.0547. The number of amides is 1. The zero-order valence-corrected chi connectivity index (χ0v) is 14.1. The number of anilines is 1. The van der Waals surface area contributed by atoms with Gasteiger partial charge >= 0.3 is 0 Å². The van der Waals surface area contributed by atoms with Crippen molar-refractivity contribution >= 4 is 29.2 Å². The van der Waals surface area contributed by atoms with E-state index >= 15 is 0 Å². The molecule has 0 fully saturated rings. The summed E-state index contributed by atoms with van der Waals surface area (Å²) in [7, 11) is 0. The second-order valence-corrected chi connectivity index (χ2v) is 5.89. The molecule has 3 N–H and O–H groups in total. The van der Waals surface area contributed by atoms with Gasteiger partial charge in [0.15, 0.2) is 5.54 Å². The van der Waals surface area contributed by atoms with Crippen LogP contribution in [0.2, 0.25) is 5.02 Å².